The fraction of sp³-hybridized carbons (Fsp3) is 0.500. The first-order chi connectivity index (χ1) is 22.0. The Morgan fingerprint density at radius 3 is 2.15 bits per heavy atom. The summed E-state index contributed by atoms with van der Waals surface area (Å²) in [6.45, 7) is 16.1. The van der Waals surface area contributed by atoms with Crippen LogP contribution in [-0.4, -0.2) is 53.2 Å². The zero-order valence-corrected chi connectivity index (χ0v) is 28.6. The second-order valence-corrected chi connectivity index (χ2v) is 15.4. The molecule has 2 aliphatic rings. The van der Waals surface area contributed by atoms with E-state index >= 15 is 0 Å². The highest BCUT2D eigenvalue weighted by Gasteiger charge is 2.50. The molecule has 2 aromatic rings. The summed E-state index contributed by atoms with van der Waals surface area (Å²) in [5.74, 6) is -1.26. The van der Waals surface area contributed by atoms with Crippen molar-refractivity contribution in [1.29, 1.82) is 5.26 Å². The van der Waals surface area contributed by atoms with E-state index in [2.05, 4.69) is 49.4 Å². The molecular formula is C38H49N5O4. The molecule has 1 heterocycles. The van der Waals surface area contributed by atoms with Gasteiger partial charge in [-0.05, 0) is 59.4 Å². The highest BCUT2D eigenvalue weighted by Crippen LogP contribution is 2.38. The number of nitrogens with zero attached hydrogens (tertiary/aromatic N) is 2. The molecule has 1 aliphatic carbocycles. The SMILES string of the molecule is C=C[C@]1(C(=O)Nc2ccccc2)C[C@@H](C#N)N(C(=O)[C@H](CC(C)(C)C)NC(=O)[C@H](CC2CC2)NC(=O)c2ccc(C(C)(C)C)cc2)C1. The van der Waals surface area contributed by atoms with Crippen LogP contribution in [0.15, 0.2) is 67.3 Å². The molecule has 4 atom stereocenters. The molecule has 4 rings (SSSR count). The molecule has 1 saturated heterocycles. The van der Waals surface area contributed by atoms with Crippen LogP contribution in [0.25, 0.3) is 0 Å². The Bertz CT molecular complexity index is 1510. The Morgan fingerprint density at radius 2 is 1.62 bits per heavy atom. The van der Waals surface area contributed by atoms with Gasteiger partial charge in [0.05, 0.1) is 11.5 Å². The molecule has 0 unspecified atom stereocenters. The first-order valence-electron chi connectivity index (χ1n) is 16.5. The summed E-state index contributed by atoms with van der Waals surface area (Å²) >= 11 is 0. The summed E-state index contributed by atoms with van der Waals surface area (Å²) in [4.78, 5) is 56.3. The number of hydrogen-bond donors (Lipinski definition) is 3. The van der Waals surface area contributed by atoms with Gasteiger partial charge in [-0.2, -0.15) is 5.26 Å². The number of carbonyl (C=O) groups excluding carboxylic acids is 4. The van der Waals surface area contributed by atoms with Crippen LogP contribution < -0.4 is 16.0 Å². The van der Waals surface area contributed by atoms with Gasteiger partial charge in [0.2, 0.25) is 17.7 Å². The minimum Gasteiger partial charge on any atom is -0.342 e. The lowest BCUT2D eigenvalue weighted by atomic mass is 9.84. The molecule has 1 aliphatic heterocycles. The Hall–Kier alpha value is -4.45. The van der Waals surface area contributed by atoms with Crippen LogP contribution in [0.5, 0.6) is 0 Å². The van der Waals surface area contributed by atoms with Gasteiger partial charge in [-0.25, -0.2) is 0 Å². The third-order valence-corrected chi connectivity index (χ3v) is 9.02. The summed E-state index contributed by atoms with van der Waals surface area (Å²) in [5.41, 5.74) is 0.545. The zero-order valence-electron chi connectivity index (χ0n) is 28.6. The van der Waals surface area contributed by atoms with E-state index in [1.165, 1.54) is 11.0 Å². The first-order valence-corrected chi connectivity index (χ1v) is 16.5. The van der Waals surface area contributed by atoms with Gasteiger partial charge in [-0.3, -0.25) is 19.2 Å². The van der Waals surface area contributed by atoms with Gasteiger partial charge in [0.25, 0.3) is 5.91 Å². The lowest BCUT2D eigenvalue weighted by molar-refractivity contribution is -0.138. The van der Waals surface area contributed by atoms with E-state index < -0.39 is 35.4 Å². The van der Waals surface area contributed by atoms with Crippen LogP contribution in [0.2, 0.25) is 0 Å². The van der Waals surface area contributed by atoms with Gasteiger partial charge in [0.1, 0.15) is 18.1 Å². The fourth-order valence-electron chi connectivity index (χ4n) is 6.03. The average molecular weight is 640 g/mol. The molecule has 1 saturated carbocycles. The maximum Gasteiger partial charge on any atom is 0.251 e. The Labute approximate surface area is 279 Å². The van der Waals surface area contributed by atoms with Crippen molar-refractivity contribution >= 4 is 29.3 Å². The van der Waals surface area contributed by atoms with Gasteiger partial charge >= 0.3 is 0 Å². The van der Waals surface area contributed by atoms with Gasteiger partial charge in [0.15, 0.2) is 0 Å². The van der Waals surface area contributed by atoms with Crippen molar-refractivity contribution in [1.82, 2.24) is 15.5 Å². The topological polar surface area (TPSA) is 131 Å². The summed E-state index contributed by atoms with van der Waals surface area (Å²) in [7, 11) is 0. The van der Waals surface area contributed by atoms with Crippen molar-refractivity contribution in [3.8, 4) is 6.07 Å². The quantitative estimate of drug-likeness (QED) is 0.270. The summed E-state index contributed by atoms with van der Waals surface area (Å²) in [6, 6.07) is 15.9. The smallest absolute Gasteiger partial charge is 0.251 e. The normalized spacial score (nSPS) is 20.8. The lowest BCUT2D eigenvalue weighted by Gasteiger charge is -2.32. The molecule has 9 nitrogen and oxygen atoms in total. The molecule has 4 amide bonds. The van der Waals surface area contributed by atoms with Gasteiger partial charge in [0, 0.05) is 24.2 Å². The van der Waals surface area contributed by atoms with Crippen LogP contribution in [-0.2, 0) is 19.8 Å². The Kier molecular flexibility index (Phi) is 10.6. The van der Waals surface area contributed by atoms with E-state index in [-0.39, 0.29) is 35.6 Å². The van der Waals surface area contributed by atoms with E-state index in [9.17, 15) is 24.4 Å². The maximum absolute atomic E-state index is 14.2. The average Bonchev–Trinajstić information content (AvgIpc) is 3.75. The number of nitrogens with one attached hydrogen (secondary N) is 3. The summed E-state index contributed by atoms with van der Waals surface area (Å²) in [6.07, 6.45) is 4.32. The standard InChI is InChI=1S/C38H49N5O4/c1-8-38(35(47)40-28-12-10-9-11-13-28)21-29(23-39)43(24-38)34(46)31(22-36(2,3)4)42-33(45)30(20-25-14-15-25)41-32(44)26-16-18-27(19-17-26)37(5,6)7/h8-13,16-19,25,29-31H,1,14-15,20-22,24H2,2-7H3,(H,40,47)(H,41,44)(H,42,45)/t29-,30-,31-,38-/m0/s1. The Morgan fingerprint density at radius 1 is 0.979 bits per heavy atom. The van der Waals surface area contributed by atoms with Crippen LogP contribution in [0.1, 0.15) is 89.6 Å². The lowest BCUT2D eigenvalue weighted by Crippen LogP contribution is -2.56. The van der Waals surface area contributed by atoms with Crippen molar-refractivity contribution in [3.63, 3.8) is 0 Å². The van der Waals surface area contributed by atoms with Gasteiger partial charge < -0.3 is 20.9 Å². The van der Waals surface area contributed by atoms with Crippen LogP contribution in [0, 0.1) is 28.1 Å². The molecule has 0 spiro atoms. The second kappa shape index (κ2) is 14.1. The predicted octanol–water partition coefficient (Wildman–Crippen LogP) is 5.74. The first kappa shape index (κ1) is 35.4. The third kappa shape index (κ3) is 9.09. The number of carbonyl (C=O) groups is 4. The number of hydrogen-bond acceptors (Lipinski definition) is 5. The number of nitriles is 1. The van der Waals surface area contributed by atoms with Crippen molar-refractivity contribution in [2.45, 2.75) is 97.2 Å². The zero-order chi connectivity index (χ0) is 34.6. The van der Waals surface area contributed by atoms with Gasteiger partial charge in [-0.1, -0.05) is 90.8 Å². The monoisotopic (exact) mass is 639 g/mol. The molecule has 0 bridgehead atoms. The molecule has 47 heavy (non-hydrogen) atoms. The fourth-order valence-corrected chi connectivity index (χ4v) is 6.03. The number of likely N-dealkylation sites (tertiary alicyclic amines) is 1. The number of anilines is 1. The van der Waals surface area contributed by atoms with Gasteiger partial charge in [-0.15, -0.1) is 6.58 Å². The second-order valence-electron chi connectivity index (χ2n) is 15.4. The van der Waals surface area contributed by atoms with Crippen LogP contribution >= 0.6 is 0 Å². The van der Waals surface area contributed by atoms with E-state index in [1.54, 1.807) is 36.4 Å². The van der Waals surface area contributed by atoms with E-state index in [0.29, 0.717) is 30.0 Å². The van der Waals surface area contributed by atoms with Crippen molar-refractivity contribution < 1.29 is 19.2 Å². The predicted molar refractivity (Wildman–Crippen MR) is 183 cm³/mol. The Balaban J connectivity index is 1.53. The molecule has 2 fully saturated rings. The number of benzene rings is 2. The van der Waals surface area contributed by atoms with Crippen molar-refractivity contribution in [2.24, 2.45) is 16.7 Å². The summed E-state index contributed by atoms with van der Waals surface area (Å²) < 4.78 is 0. The third-order valence-electron chi connectivity index (χ3n) is 9.02. The van der Waals surface area contributed by atoms with E-state index in [1.807, 2.05) is 39.0 Å². The molecule has 250 valence electrons. The molecular weight excluding hydrogens is 590 g/mol. The van der Waals surface area contributed by atoms with E-state index in [4.69, 9.17) is 0 Å². The maximum atomic E-state index is 14.2. The van der Waals surface area contributed by atoms with Crippen LogP contribution in [0.3, 0.4) is 0 Å². The minimum atomic E-state index is -1.19. The molecule has 9 heteroatoms. The molecule has 0 radical (unpaired) electrons. The van der Waals surface area contributed by atoms with E-state index in [0.717, 1.165) is 18.4 Å². The molecule has 2 aromatic carbocycles. The number of para-hydroxylation sites is 1. The highest BCUT2D eigenvalue weighted by atomic mass is 16.2. The van der Waals surface area contributed by atoms with Crippen LogP contribution in [0.4, 0.5) is 5.69 Å². The minimum absolute atomic E-state index is 0.0461. The highest BCUT2D eigenvalue weighted by molar-refractivity contribution is 6.00. The van der Waals surface area contributed by atoms with Crippen molar-refractivity contribution in [2.75, 3.05) is 11.9 Å². The largest absolute Gasteiger partial charge is 0.342 e. The molecule has 3 N–H and O–H groups in total. The summed E-state index contributed by atoms with van der Waals surface area (Å²) in [5, 5.41) is 18.9. The number of amides is 4. The molecule has 0 aromatic heterocycles. The van der Waals surface area contributed by atoms with Crippen molar-refractivity contribution in [3.05, 3.63) is 78.4 Å². The number of rotatable bonds is 11.